The predicted octanol–water partition coefficient (Wildman–Crippen LogP) is 2.52. The average molecular weight is 349 g/mol. The third kappa shape index (κ3) is 4.38. The maximum absolute atomic E-state index is 13.2. The molecule has 0 amide bonds. The van der Waals surface area contributed by atoms with Gasteiger partial charge >= 0.3 is 0 Å². The van der Waals surface area contributed by atoms with Gasteiger partial charge in [-0.25, -0.2) is 12.8 Å². The van der Waals surface area contributed by atoms with Crippen LogP contribution in [0.25, 0.3) is 0 Å². The van der Waals surface area contributed by atoms with Crippen molar-refractivity contribution in [3.63, 3.8) is 0 Å². The van der Waals surface area contributed by atoms with Crippen LogP contribution < -0.4 is 0 Å². The highest BCUT2D eigenvalue weighted by atomic mass is 79.9. The lowest BCUT2D eigenvalue weighted by Gasteiger charge is -2.07. The molecule has 19 heavy (non-hydrogen) atoms. The van der Waals surface area contributed by atoms with E-state index in [1.54, 1.807) is 6.07 Å². The van der Waals surface area contributed by atoms with E-state index in [0.717, 1.165) is 0 Å². The van der Waals surface area contributed by atoms with Gasteiger partial charge in [0, 0.05) is 17.3 Å². The van der Waals surface area contributed by atoms with Crippen molar-refractivity contribution in [2.75, 3.05) is 11.5 Å². The Kier molecular flexibility index (Phi) is 4.40. The van der Waals surface area contributed by atoms with Gasteiger partial charge in [-0.2, -0.15) is 0 Å². The Hall–Kier alpha value is -0.750. The summed E-state index contributed by atoms with van der Waals surface area (Å²) in [6.07, 6.45) is 0.960. The second kappa shape index (κ2) is 5.71. The fourth-order valence-electron chi connectivity index (χ4n) is 2.37. The molecule has 0 radical (unpaired) electrons. The number of rotatable bonds is 4. The molecular weight excluding hydrogens is 335 g/mol. The van der Waals surface area contributed by atoms with Crippen molar-refractivity contribution in [2.45, 2.75) is 19.3 Å². The van der Waals surface area contributed by atoms with E-state index in [1.165, 1.54) is 12.1 Å². The van der Waals surface area contributed by atoms with Crippen LogP contribution in [0.3, 0.4) is 0 Å². The van der Waals surface area contributed by atoms with Gasteiger partial charge in [0.1, 0.15) is 11.6 Å². The van der Waals surface area contributed by atoms with Gasteiger partial charge in [0.05, 0.1) is 11.5 Å². The molecule has 1 aromatic carbocycles. The maximum atomic E-state index is 13.2. The van der Waals surface area contributed by atoms with Crippen molar-refractivity contribution < 1.29 is 17.6 Å². The zero-order valence-electron chi connectivity index (χ0n) is 10.2. The summed E-state index contributed by atoms with van der Waals surface area (Å²) in [4.78, 5) is 11.9. The van der Waals surface area contributed by atoms with Crippen LogP contribution in [0.1, 0.15) is 18.4 Å². The largest absolute Gasteiger partial charge is 0.299 e. The number of Topliss-reactive ketones (excluding diaryl/α,β-unsaturated/α-hetero) is 1. The molecule has 0 aliphatic carbocycles. The molecule has 1 aliphatic heterocycles. The highest BCUT2D eigenvalue weighted by Gasteiger charge is 2.29. The van der Waals surface area contributed by atoms with Crippen LogP contribution in [-0.4, -0.2) is 25.7 Å². The molecule has 104 valence electrons. The van der Waals surface area contributed by atoms with E-state index in [2.05, 4.69) is 15.9 Å². The van der Waals surface area contributed by atoms with Crippen molar-refractivity contribution >= 4 is 31.6 Å². The molecule has 1 saturated heterocycles. The first kappa shape index (κ1) is 14.7. The molecule has 1 atom stereocenters. The lowest BCUT2D eigenvalue weighted by molar-refractivity contribution is -0.119. The number of carbonyl (C=O) groups is 1. The number of hydrogen-bond donors (Lipinski definition) is 0. The quantitative estimate of drug-likeness (QED) is 0.839. The molecule has 1 aliphatic rings. The van der Waals surface area contributed by atoms with Gasteiger partial charge in [-0.05, 0) is 36.1 Å². The first-order chi connectivity index (χ1) is 8.84. The standard InChI is InChI=1S/C13H14BrFO3S/c14-11-3-10(4-12(15)7-11)6-13(16)5-9-1-2-19(17,18)8-9/h3-4,7,9H,1-2,5-6,8H2. The summed E-state index contributed by atoms with van der Waals surface area (Å²) >= 11 is 3.18. The van der Waals surface area contributed by atoms with E-state index in [1.807, 2.05) is 0 Å². The minimum absolute atomic E-state index is 0.0420. The maximum Gasteiger partial charge on any atom is 0.150 e. The SMILES string of the molecule is O=C(Cc1cc(F)cc(Br)c1)CC1CCS(=O)(=O)C1. The molecule has 0 bridgehead atoms. The second-order valence-electron chi connectivity index (χ2n) is 4.97. The summed E-state index contributed by atoms with van der Waals surface area (Å²) in [5.41, 5.74) is 0.609. The fraction of sp³-hybridized carbons (Fsp3) is 0.462. The smallest absolute Gasteiger partial charge is 0.150 e. The van der Waals surface area contributed by atoms with E-state index >= 15 is 0 Å². The molecule has 1 heterocycles. The number of ketones is 1. The molecule has 2 rings (SSSR count). The van der Waals surface area contributed by atoms with Crippen molar-refractivity contribution in [1.29, 1.82) is 0 Å². The molecule has 1 unspecified atom stereocenters. The minimum atomic E-state index is -2.95. The number of hydrogen-bond acceptors (Lipinski definition) is 3. The Labute approximate surface area is 120 Å². The monoisotopic (exact) mass is 348 g/mol. The topological polar surface area (TPSA) is 51.2 Å². The highest BCUT2D eigenvalue weighted by Crippen LogP contribution is 2.23. The second-order valence-corrected chi connectivity index (χ2v) is 8.11. The Morgan fingerprint density at radius 3 is 2.68 bits per heavy atom. The van der Waals surface area contributed by atoms with Crippen molar-refractivity contribution in [2.24, 2.45) is 5.92 Å². The first-order valence-corrected chi connectivity index (χ1v) is 8.62. The average Bonchev–Trinajstić information content (AvgIpc) is 2.55. The predicted molar refractivity (Wildman–Crippen MR) is 74.2 cm³/mol. The Balaban J connectivity index is 1.95. The van der Waals surface area contributed by atoms with E-state index in [4.69, 9.17) is 0 Å². The number of carbonyl (C=O) groups excluding carboxylic acids is 1. The molecule has 0 spiro atoms. The van der Waals surface area contributed by atoms with Crippen LogP contribution in [0.15, 0.2) is 22.7 Å². The zero-order chi connectivity index (χ0) is 14.0. The molecular formula is C13H14BrFO3S. The zero-order valence-corrected chi connectivity index (χ0v) is 12.6. The van der Waals surface area contributed by atoms with Gasteiger partial charge in [0.25, 0.3) is 0 Å². The van der Waals surface area contributed by atoms with Gasteiger partial charge in [0.2, 0.25) is 0 Å². The van der Waals surface area contributed by atoms with Crippen LogP contribution in [-0.2, 0) is 21.1 Å². The summed E-state index contributed by atoms with van der Waals surface area (Å²) in [5, 5.41) is 0. The molecule has 0 saturated carbocycles. The first-order valence-electron chi connectivity index (χ1n) is 6.01. The van der Waals surface area contributed by atoms with Crippen molar-refractivity contribution in [3.05, 3.63) is 34.1 Å². The van der Waals surface area contributed by atoms with Crippen molar-refractivity contribution in [1.82, 2.24) is 0 Å². The molecule has 1 aromatic rings. The molecule has 6 heteroatoms. The summed E-state index contributed by atoms with van der Waals surface area (Å²) in [7, 11) is -2.95. The summed E-state index contributed by atoms with van der Waals surface area (Å²) in [6, 6.07) is 4.36. The van der Waals surface area contributed by atoms with E-state index in [-0.39, 0.29) is 41.9 Å². The Morgan fingerprint density at radius 2 is 2.11 bits per heavy atom. The Morgan fingerprint density at radius 1 is 1.37 bits per heavy atom. The molecule has 3 nitrogen and oxygen atoms in total. The molecule has 1 fully saturated rings. The lowest BCUT2D eigenvalue weighted by atomic mass is 9.98. The van der Waals surface area contributed by atoms with Crippen LogP contribution >= 0.6 is 15.9 Å². The van der Waals surface area contributed by atoms with Crippen LogP contribution in [0, 0.1) is 11.7 Å². The number of sulfone groups is 1. The Bertz CT molecular complexity index is 578. The van der Waals surface area contributed by atoms with Gasteiger partial charge in [-0.3, -0.25) is 4.79 Å². The number of benzene rings is 1. The van der Waals surface area contributed by atoms with Crippen LogP contribution in [0.2, 0.25) is 0 Å². The summed E-state index contributed by atoms with van der Waals surface area (Å²) < 4.78 is 36.4. The summed E-state index contributed by atoms with van der Waals surface area (Å²) in [6.45, 7) is 0. The fourth-order valence-corrected chi connectivity index (χ4v) is 4.74. The minimum Gasteiger partial charge on any atom is -0.299 e. The van der Waals surface area contributed by atoms with Gasteiger partial charge < -0.3 is 0 Å². The highest BCUT2D eigenvalue weighted by molar-refractivity contribution is 9.10. The van der Waals surface area contributed by atoms with Crippen LogP contribution in [0.4, 0.5) is 4.39 Å². The van der Waals surface area contributed by atoms with Crippen molar-refractivity contribution in [3.8, 4) is 0 Å². The summed E-state index contributed by atoms with van der Waals surface area (Å²) in [5.74, 6) is -0.225. The third-order valence-electron chi connectivity index (χ3n) is 3.17. The van der Waals surface area contributed by atoms with E-state index in [9.17, 15) is 17.6 Å². The van der Waals surface area contributed by atoms with E-state index < -0.39 is 9.84 Å². The normalized spacial score (nSPS) is 21.5. The molecule has 0 N–H and O–H groups in total. The van der Waals surface area contributed by atoms with Gasteiger partial charge in [-0.1, -0.05) is 15.9 Å². The van der Waals surface area contributed by atoms with E-state index in [0.29, 0.717) is 16.5 Å². The lowest BCUT2D eigenvalue weighted by Crippen LogP contribution is -2.12. The van der Waals surface area contributed by atoms with Crippen LogP contribution in [0.5, 0.6) is 0 Å². The van der Waals surface area contributed by atoms with Gasteiger partial charge in [0.15, 0.2) is 9.84 Å². The number of halogens is 2. The third-order valence-corrected chi connectivity index (χ3v) is 5.46. The molecule has 0 aromatic heterocycles. The van der Waals surface area contributed by atoms with Gasteiger partial charge in [-0.15, -0.1) is 0 Å².